The third kappa shape index (κ3) is 2.49. The minimum Gasteiger partial charge on any atom is -0.493 e. The number of nitrogens with zero attached hydrogens (tertiary/aromatic N) is 1. The predicted octanol–water partition coefficient (Wildman–Crippen LogP) is 2.24. The van der Waals surface area contributed by atoms with Gasteiger partial charge in [-0.2, -0.15) is 0 Å². The Labute approximate surface area is 94.7 Å². The van der Waals surface area contributed by atoms with Crippen LogP contribution in [-0.2, 0) is 0 Å². The van der Waals surface area contributed by atoms with Gasteiger partial charge in [-0.1, -0.05) is 13.0 Å². The number of benzene rings is 1. The van der Waals surface area contributed by atoms with Crippen LogP contribution in [-0.4, -0.2) is 23.3 Å². The summed E-state index contributed by atoms with van der Waals surface area (Å²) in [5.74, 6) is 0.950. The van der Waals surface area contributed by atoms with Crippen LogP contribution in [0.4, 0.5) is 0 Å². The highest BCUT2D eigenvalue weighted by molar-refractivity contribution is 5.79. The quantitative estimate of drug-likeness (QED) is 0.854. The summed E-state index contributed by atoms with van der Waals surface area (Å²) < 4.78 is 5.57. The lowest BCUT2D eigenvalue weighted by Gasteiger charge is -2.10. The molecule has 3 nitrogen and oxygen atoms in total. The van der Waals surface area contributed by atoms with Crippen molar-refractivity contribution in [3.63, 3.8) is 0 Å². The Morgan fingerprint density at radius 2 is 2.25 bits per heavy atom. The SMILES string of the molecule is CC(CO)COc1ccc2cccnc2c1. The molecule has 1 heterocycles. The topological polar surface area (TPSA) is 42.4 Å². The lowest BCUT2D eigenvalue weighted by Crippen LogP contribution is -2.12. The van der Waals surface area contributed by atoms with Gasteiger partial charge in [0.05, 0.1) is 12.1 Å². The van der Waals surface area contributed by atoms with Crippen LogP contribution in [0, 0.1) is 5.92 Å². The molecule has 0 bridgehead atoms. The van der Waals surface area contributed by atoms with Crippen LogP contribution >= 0.6 is 0 Å². The molecule has 1 aromatic carbocycles. The van der Waals surface area contributed by atoms with Crippen molar-refractivity contribution in [2.75, 3.05) is 13.2 Å². The van der Waals surface area contributed by atoms with E-state index in [1.165, 1.54) is 0 Å². The number of fused-ring (bicyclic) bond motifs is 1. The second-order valence-electron chi connectivity index (χ2n) is 3.96. The van der Waals surface area contributed by atoms with Crippen molar-refractivity contribution in [3.05, 3.63) is 36.5 Å². The zero-order valence-electron chi connectivity index (χ0n) is 9.26. The fourth-order valence-corrected chi connectivity index (χ4v) is 1.43. The summed E-state index contributed by atoms with van der Waals surface area (Å²) in [5, 5.41) is 9.99. The van der Waals surface area contributed by atoms with E-state index in [4.69, 9.17) is 9.84 Å². The maximum absolute atomic E-state index is 8.89. The number of ether oxygens (including phenoxy) is 1. The lowest BCUT2D eigenvalue weighted by atomic mass is 10.2. The van der Waals surface area contributed by atoms with E-state index in [1.807, 2.05) is 37.3 Å². The summed E-state index contributed by atoms with van der Waals surface area (Å²) in [6.45, 7) is 2.61. The molecule has 1 unspecified atom stereocenters. The molecule has 1 aromatic heterocycles. The first-order valence-corrected chi connectivity index (χ1v) is 5.38. The lowest BCUT2D eigenvalue weighted by molar-refractivity contribution is 0.174. The largest absolute Gasteiger partial charge is 0.493 e. The van der Waals surface area contributed by atoms with Gasteiger partial charge in [0.2, 0.25) is 0 Å². The molecular weight excluding hydrogens is 202 g/mol. The minimum atomic E-state index is 0.145. The van der Waals surface area contributed by atoms with E-state index in [1.54, 1.807) is 6.20 Å². The zero-order valence-corrected chi connectivity index (χ0v) is 9.26. The van der Waals surface area contributed by atoms with Gasteiger partial charge in [0.15, 0.2) is 0 Å². The third-order valence-corrected chi connectivity index (χ3v) is 2.42. The van der Waals surface area contributed by atoms with Gasteiger partial charge >= 0.3 is 0 Å². The molecule has 1 N–H and O–H groups in total. The van der Waals surface area contributed by atoms with Crippen LogP contribution in [0.3, 0.4) is 0 Å². The number of hydrogen-bond donors (Lipinski definition) is 1. The Morgan fingerprint density at radius 1 is 1.38 bits per heavy atom. The van der Waals surface area contributed by atoms with Gasteiger partial charge in [0, 0.05) is 30.2 Å². The predicted molar refractivity (Wildman–Crippen MR) is 63.5 cm³/mol. The van der Waals surface area contributed by atoms with Gasteiger partial charge in [-0.05, 0) is 18.2 Å². The smallest absolute Gasteiger partial charge is 0.121 e. The highest BCUT2D eigenvalue weighted by Crippen LogP contribution is 2.19. The molecule has 0 saturated heterocycles. The van der Waals surface area contributed by atoms with E-state index in [-0.39, 0.29) is 12.5 Å². The first-order valence-electron chi connectivity index (χ1n) is 5.38. The van der Waals surface area contributed by atoms with Crippen molar-refractivity contribution < 1.29 is 9.84 Å². The molecule has 1 atom stereocenters. The van der Waals surface area contributed by atoms with E-state index < -0.39 is 0 Å². The summed E-state index contributed by atoms with van der Waals surface area (Å²) in [4.78, 5) is 4.26. The summed E-state index contributed by atoms with van der Waals surface area (Å²) in [6.07, 6.45) is 1.77. The molecule has 0 fully saturated rings. The molecule has 2 aromatic rings. The van der Waals surface area contributed by atoms with Crippen molar-refractivity contribution >= 4 is 10.9 Å². The van der Waals surface area contributed by atoms with Gasteiger partial charge in [-0.25, -0.2) is 0 Å². The Bertz CT molecular complexity index is 470. The molecule has 0 spiro atoms. The molecular formula is C13H15NO2. The Balaban J connectivity index is 2.13. The van der Waals surface area contributed by atoms with Crippen molar-refractivity contribution in [1.82, 2.24) is 4.98 Å². The molecule has 16 heavy (non-hydrogen) atoms. The molecule has 84 valence electrons. The maximum Gasteiger partial charge on any atom is 0.121 e. The molecule has 0 amide bonds. The van der Waals surface area contributed by atoms with Crippen LogP contribution in [0.5, 0.6) is 5.75 Å². The molecule has 0 aliphatic carbocycles. The fraction of sp³-hybridized carbons (Fsp3) is 0.308. The second kappa shape index (κ2) is 4.94. The zero-order chi connectivity index (χ0) is 11.4. The van der Waals surface area contributed by atoms with Crippen LogP contribution in [0.1, 0.15) is 6.92 Å². The van der Waals surface area contributed by atoms with Crippen LogP contribution < -0.4 is 4.74 Å². The summed E-state index contributed by atoms with van der Waals surface area (Å²) in [5.41, 5.74) is 0.927. The first kappa shape index (κ1) is 10.9. The Morgan fingerprint density at radius 3 is 3.06 bits per heavy atom. The van der Waals surface area contributed by atoms with Crippen molar-refractivity contribution in [3.8, 4) is 5.75 Å². The van der Waals surface area contributed by atoms with Crippen molar-refractivity contribution in [2.45, 2.75) is 6.92 Å². The highest BCUT2D eigenvalue weighted by atomic mass is 16.5. The number of aliphatic hydroxyl groups excluding tert-OH is 1. The van der Waals surface area contributed by atoms with E-state index in [9.17, 15) is 0 Å². The number of rotatable bonds is 4. The molecule has 0 radical (unpaired) electrons. The van der Waals surface area contributed by atoms with E-state index >= 15 is 0 Å². The summed E-state index contributed by atoms with van der Waals surface area (Å²) in [6, 6.07) is 9.76. The number of hydrogen-bond acceptors (Lipinski definition) is 3. The van der Waals surface area contributed by atoms with Crippen molar-refractivity contribution in [2.24, 2.45) is 5.92 Å². The van der Waals surface area contributed by atoms with Crippen LogP contribution in [0.25, 0.3) is 10.9 Å². The van der Waals surface area contributed by atoms with Gasteiger partial charge in [0.1, 0.15) is 5.75 Å². The first-order chi connectivity index (χ1) is 7.79. The standard InChI is InChI=1S/C13H15NO2/c1-10(8-15)9-16-12-5-4-11-3-2-6-14-13(11)7-12/h2-7,10,15H,8-9H2,1H3. The summed E-state index contributed by atoms with van der Waals surface area (Å²) >= 11 is 0. The van der Waals surface area contributed by atoms with E-state index in [0.717, 1.165) is 16.7 Å². The van der Waals surface area contributed by atoms with Crippen LogP contribution in [0.15, 0.2) is 36.5 Å². The van der Waals surface area contributed by atoms with Gasteiger partial charge in [0.25, 0.3) is 0 Å². The average molecular weight is 217 g/mol. The van der Waals surface area contributed by atoms with Gasteiger partial charge in [-0.3, -0.25) is 4.98 Å². The highest BCUT2D eigenvalue weighted by Gasteiger charge is 2.02. The van der Waals surface area contributed by atoms with Gasteiger partial charge in [-0.15, -0.1) is 0 Å². The van der Waals surface area contributed by atoms with Crippen molar-refractivity contribution in [1.29, 1.82) is 0 Å². The van der Waals surface area contributed by atoms with E-state index in [0.29, 0.717) is 6.61 Å². The average Bonchev–Trinajstić information content (AvgIpc) is 2.35. The van der Waals surface area contributed by atoms with E-state index in [2.05, 4.69) is 4.98 Å². The second-order valence-corrected chi connectivity index (χ2v) is 3.96. The Hall–Kier alpha value is -1.61. The maximum atomic E-state index is 8.89. The molecule has 0 aliphatic rings. The Kier molecular flexibility index (Phi) is 3.37. The number of pyridine rings is 1. The molecule has 0 aliphatic heterocycles. The number of aliphatic hydroxyl groups is 1. The third-order valence-electron chi connectivity index (χ3n) is 2.42. The fourth-order valence-electron chi connectivity index (χ4n) is 1.43. The monoisotopic (exact) mass is 217 g/mol. The number of aromatic nitrogens is 1. The molecule has 3 heteroatoms. The van der Waals surface area contributed by atoms with Gasteiger partial charge < -0.3 is 9.84 Å². The normalized spacial score (nSPS) is 12.6. The molecule has 0 saturated carbocycles. The minimum absolute atomic E-state index is 0.145. The van der Waals surface area contributed by atoms with Crippen LogP contribution in [0.2, 0.25) is 0 Å². The summed E-state index contributed by atoms with van der Waals surface area (Å²) in [7, 11) is 0. The molecule has 2 rings (SSSR count).